The third-order valence-electron chi connectivity index (χ3n) is 4.11. The standard InChI is InChI=1S/C12H21NO2/c1-12(2)5-4-6-13-8-9(7-10(12)13)11(14)15-3/h9-10H,4-8H2,1-3H3/t9-,10?/m1/s1. The first kappa shape index (κ1) is 10.9. The van der Waals surface area contributed by atoms with Crippen molar-refractivity contribution in [2.24, 2.45) is 11.3 Å². The molecule has 0 N–H and O–H groups in total. The van der Waals surface area contributed by atoms with Crippen molar-refractivity contribution in [1.29, 1.82) is 0 Å². The smallest absolute Gasteiger partial charge is 0.310 e. The number of hydrogen-bond donors (Lipinski definition) is 0. The van der Waals surface area contributed by atoms with Crippen LogP contribution in [-0.4, -0.2) is 37.1 Å². The minimum Gasteiger partial charge on any atom is -0.469 e. The third kappa shape index (κ3) is 1.89. The highest BCUT2D eigenvalue weighted by atomic mass is 16.5. The first-order valence-electron chi connectivity index (χ1n) is 5.86. The molecule has 2 atom stereocenters. The molecule has 0 aliphatic carbocycles. The predicted octanol–water partition coefficient (Wildman–Crippen LogP) is 1.67. The van der Waals surface area contributed by atoms with Crippen LogP contribution in [0.15, 0.2) is 0 Å². The zero-order valence-corrected chi connectivity index (χ0v) is 9.95. The molecule has 2 fully saturated rings. The number of carbonyl (C=O) groups is 1. The van der Waals surface area contributed by atoms with E-state index in [2.05, 4.69) is 18.7 Å². The SMILES string of the molecule is COC(=O)[C@@H]1CC2N(CCCC2(C)C)C1. The summed E-state index contributed by atoms with van der Waals surface area (Å²) >= 11 is 0. The van der Waals surface area contributed by atoms with Gasteiger partial charge in [0.1, 0.15) is 0 Å². The quantitative estimate of drug-likeness (QED) is 0.618. The number of ether oxygens (including phenoxy) is 1. The Balaban J connectivity index is 2.08. The van der Waals surface area contributed by atoms with Crippen molar-refractivity contribution in [3.8, 4) is 0 Å². The van der Waals surface area contributed by atoms with Crippen molar-refractivity contribution >= 4 is 5.97 Å². The molecule has 0 aromatic rings. The summed E-state index contributed by atoms with van der Waals surface area (Å²) in [4.78, 5) is 14.0. The fraction of sp³-hybridized carbons (Fsp3) is 0.917. The predicted molar refractivity (Wildman–Crippen MR) is 58.5 cm³/mol. The zero-order valence-electron chi connectivity index (χ0n) is 9.95. The summed E-state index contributed by atoms with van der Waals surface area (Å²) < 4.78 is 4.84. The van der Waals surface area contributed by atoms with Gasteiger partial charge in [-0.3, -0.25) is 9.69 Å². The summed E-state index contributed by atoms with van der Waals surface area (Å²) in [5.74, 6) is 0.0811. The molecule has 2 saturated heterocycles. The second-order valence-corrected chi connectivity index (χ2v) is 5.56. The molecule has 2 heterocycles. The molecular weight excluding hydrogens is 190 g/mol. The van der Waals surface area contributed by atoms with Gasteiger partial charge in [0.15, 0.2) is 0 Å². The Labute approximate surface area is 91.8 Å². The summed E-state index contributed by atoms with van der Waals surface area (Å²) in [5, 5.41) is 0. The van der Waals surface area contributed by atoms with Gasteiger partial charge in [-0.15, -0.1) is 0 Å². The molecule has 1 unspecified atom stereocenters. The van der Waals surface area contributed by atoms with E-state index in [1.807, 2.05) is 0 Å². The lowest BCUT2D eigenvalue weighted by Gasteiger charge is -2.42. The van der Waals surface area contributed by atoms with E-state index in [9.17, 15) is 4.79 Å². The van der Waals surface area contributed by atoms with Crippen LogP contribution in [0.3, 0.4) is 0 Å². The number of methoxy groups -OCH3 is 1. The molecule has 0 aromatic heterocycles. The molecule has 2 aliphatic heterocycles. The summed E-state index contributed by atoms with van der Waals surface area (Å²) in [7, 11) is 1.49. The van der Waals surface area contributed by atoms with Crippen LogP contribution in [-0.2, 0) is 9.53 Å². The van der Waals surface area contributed by atoms with E-state index in [1.165, 1.54) is 20.0 Å². The van der Waals surface area contributed by atoms with Crippen LogP contribution >= 0.6 is 0 Å². The molecule has 2 rings (SSSR count). The van der Waals surface area contributed by atoms with Crippen LogP contribution in [0.25, 0.3) is 0 Å². The fourth-order valence-electron chi connectivity index (χ4n) is 3.21. The number of fused-ring (bicyclic) bond motifs is 1. The van der Waals surface area contributed by atoms with E-state index < -0.39 is 0 Å². The van der Waals surface area contributed by atoms with E-state index in [-0.39, 0.29) is 11.9 Å². The van der Waals surface area contributed by atoms with E-state index in [0.717, 1.165) is 19.5 Å². The molecule has 0 spiro atoms. The fourth-order valence-corrected chi connectivity index (χ4v) is 3.21. The van der Waals surface area contributed by atoms with Gasteiger partial charge in [-0.25, -0.2) is 0 Å². The van der Waals surface area contributed by atoms with Gasteiger partial charge < -0.3 is 4.74 Å². The van der Waals surface area contributed by atoms with Crippen LogP contribution in [0.4, 0.5) is 0 Å². The summed E-state index contributed by atoms with van der Waals surface area (Å²) in [6.07, 6.45) is 3.53. The molecule has 0 radical (unpaired) electrons. The Morgan fingerprint density at radius 2 is 2.20 bits per heavy atom. The molecule has 3 nitrogen and oxygen atoms in total. The highest BCUT2D eigenvalue weighted by Crippen LogP contribution is 2.42. The lowest BCUT2D eigenvalue weighted by atomic mass is 9.76. The first-order valence-corrected chi connectivity index (χ1v) is 5.86. The lowest BCUT2D eigenvalue weighted by Crippen LogP contribution is -2.45. The lowest BCUT2D eigenvalue weighted by molar-refractivity contribution is -0.144. The van der Waals surface area contributed by atoms with Crippen LogP contribution < -0.4 is 0 Å². The van der Waals surface area contributed by atoms with E-state index in [1.54, 1.807) is 0 Å². The zero-order chi connectivity index (χ0) is 11.1. The molecule has 86 valence electrons. The van der Waals surface area contributed by atoms with Gasteiger partial charge in [0.25, 0.3) is 0 Å². The second-order valence-electron chi connectivity index (χ2n) is 5.56. The molecule has 3 heteroatoms. The van der Waals surface area contributed by atoms with E-state index >= 15 is 0 Å². The van der Waals surface area contributed by atoms with Crippen LogP contribution in [0.1, 0.15) is 33.1 Å². The van der Waals surface area contributed by atoms with Gasteiger partial charge in [-0.1, -0.05) is 13.8 Å². The maximum absolute atomic E-state index is 11.5. The second kappa shape index (κ2) is 3.78. The van der Waals surface area contributed by atoms with Gasteiger partial charge in [0, 0.05) is 12.6 Å². The van der Waals surface area contributed by atoms with Crippen molar-refractivity contribution in [2.75, 3.05) is 20.2 Å². The van der Waals surface area contributed by atoms with E-state index in [4.69, 9.17) is 4.74 Å². The van der Waals surface area contributed by atoms with Crippen LogP contribution in [0, 0.1) is 11.3 Å². The minimum atomic E-state index is -0.0276. The monoisotopic (exact) mass is 211 g/mol. The molecule has 0 aromatic carbocycles. The molecule has 0 saturated carbocycles. The minimum absolute atomic E-state index is 0.0276. The van der Waals surface area contributed by atoms with Crippen molar-refractivity contribution in [3.05, 3.63) is 0 Å². The summed E-state index contributed by atoms with van der Waals surface area (Å²) in [6, 6.07) is 0.579. The van der Waals surface area contributed by atoms with Gasteiger partial charge in [0.05, 0.1) is 13.0 Å². The summed E-state index contributed by atoms with van der Waals surface area (Å²) in [5.41, 5.74) is 0.362. The van der Waals surface area contributed by atoms with E-state index in [0.29, 0.717) is 11.5 Å². The highest BCUT2D eigenvalue weighted by molar-refractivity contribution is 5.73. The van der Waals surface area contributed by atoms with Gasteiger partial charge in [-0.05, 0) is 31.2 Å². The van der Waals surface area contributed by atoms with Gasteiger partial charge in [-0.2, -0.15) is 0 Å². The molecule has 0 amide bonds. The molecular formula is C12H21NO2. The average Bonchev–Trinajstić information content (AvgIpc) is 2.61. The van der Waals surface area contributed by atoms with Crippen LogP contribution in [0.2, 0.25) is 0 Å². The first-order chi connectivity index (χ1) is 7.04. The third-order valence-corrected chi connectivity index (χ3v) is 4.11. The maximum atomic E-state index is 11.5. The number of esters is 1. The van der Waals surface area contributed by atoms with Crippen molar-refractivity contribution < 1.29 is 9.53 Å². The molecule has 15 heavy (non-hydrogen) atoms. The van der Waals surface area contributed by atoms with Gasteiger partial charge >= 0.3 is 5.97 Å². The Morgan fingerprint density at radius 1 is 1.47 bits per heavy atom. The normalized spacial score (nSPS) is 34.9. The number of piperidine rings is 1. The number of rotatable bonds is 1. The number of carbonyl (C=O) groups excluding carboxylic acids is 1. The van der Waals surface area contributed by atoms with Crippen molar-refractivity contribution in [3.63, 3.8) is 0 Å². The Bertz CT molecular complexity index is 262. The van der Waals surface area contributed by atoms with Crippen molar-refractivity contribution in [1.82, 2.24) is 4.90 Å². The Morgan fingerprint density at radius 3 is 2.80 bits per heavy atom. The maximum Gasteiger partial charge on any atom is 0.310 e. The summed E-state index contributed by atoms with van der Waals surface area (Å²) in [6.45, 7) is 6.70. The Kier molecular flexibility index (Phi) is 2.75. The molecule has 2 aliphatic rings. The number of hydrogen-bond acceptors (Lipinski definition) is 3. The number of nitrogens with zero attached hydrogens (tertiary/aromatic N) is 1. The van der Waals surface area contributed by atoms with Gasteiger partial charge in [0.2, 0.25) is 0 Å². The Hall–Kier alpha value is -0.570. The topological polar surface area (TPSA) is 29.5 Å². The van der Waals surface area contributed by atoms with Crippen molar-refractivity contribution in [2.45, 2.75) is 39.2 Å². The molecule has 0 bridgehead atoms. The largest absolute Gasteiger partial charge is 0.469 e. The van der Waals surface area contributed by atoms with Crippen LogP contribution in [0.5, 0.6) is 0 Å². The average molecular weight is 211 g/mol. The highest BCUT2D eigenvalue weighted by Gasteiger charge is 2.45.